The number of hydrogen-bond acceptors (Lipinski definition) is 3. The Morgan fingerprint density at radius 1 is 1.33 bits per heavy atom. The van der Waals surface area contributed by atoms with Gasteiger partial charge in [0.1, 0.15) is 5.82 Å². The van der Waals surface area contributed by atoms with E-state index in [9.17, 15) is 9.18 Å². The van der Waals surface area contributed by atoms with Crippen molar-refractivity contribution in [3.63, 3.8) is 0 Å². The summed E-state index contributed by atoms with van der Waals surface area (Å²) >= 11 is 0. The zero-order valence-electron chi connectivity index (χ0n) is 12.8. The summed E-state index contributed by atoms with van der Waals surface area (Å²) in [6, 6.07) is 4.51. The molecule has 21 heavy (non-hydrogen) atoms. The molecule has 1 amide bonds. The monoisotopic (exact) mass is 293 g/mol. The van der Waals surface area contributed by atoms with Gasteiger partial charge in [0, 0.05) is 24.8 Å². The van der Waals surface area contributed by atoms with E-state index in [1.165, 1.54) is 18.2 Å². The molecule has 1 saturated heterocycles. The first-order valence-corrected chi connectivity index (χ1v) is 7.65. The molecule has 5 heteroatoms. The lowest BCUT2D eigenvalue weighted by Gasteiger charge is -2.37. The third kappa shape index (κ3) is 3.53. The van der Waals surface area contributed by atoms with E-state index in [0.717, 1.165) is 39.0 Å². The van der Waals surface area contributed by atoms with Crippen molar-refractivity contribution in [3.8, 4) is 0 Å². The van der Waals surface area contributed by atoms with Gasteiger partial charge in [-0.2, -0.15) is 0 Å². The van der Waals surface area contributed by atoms with Gasteiger partial charge in [0.2, 0.25) is 0 Å². The van der Waals surface area contributed by atoms with Crippen LogP contribution in [-0.4, -0.2) is 47.9 Å². The SMILES string of the molecule is CCN(CC)C1CCN(C(=O)c2ccc(F)cc2N)CC1. The van der Waals surface area contributed by atoms with Crippen molar-refractivity contribution in [1.29, 1.82) is 0 Å². The van der Waals surface area contributed by atoms with Crippen molar-refractivity contribution < 1.29 is 9.18 Å². The van der Waals surface area contributed by atoms with Crippen molar-refractivity contribution in [3.05, 3.63) is 29.6 Å². The molecule has 0 unspecified atom stereocenters. The normalized spacial score (nSPS) is 16.5. The number of likely N-dealkylation sites (tertiary alicyclic amines) is 1. The number of rotatable bonds is 4. The van der Waals surface area contributed by atoms with Crippen LogP contribution >= 0.6 is 0 Å². The number of amides is 1. The molecule has 1 aliphatic rings. The minimum Gasteiger partial charge on any atom is -0.398 e. The van der Waals surface area contributed by atoms with Crippen molar-refractivity contribution in [2.45, 2.75) is 32.7 Å². The highest BCUT2D eigenvalue weighted by Crippen LogP contribution is 2.21. The lowest BCUT2D eigenvalue weighted by molar-refractivity contribution is 0.0632. The second kappa shape index (κ2) is 6.89. The fourth-order valence-corrected chi connectivity index (χ4v) is 3.07. The highest BCUT2D eigenvalue weighted by molar-refractivity contribution is 5.99. The molecule has 1 aliphatic heterocycles. The summed E-state index contributed by atoms with van der Waals surface area (Å²) in [5.41, 5.74) is 6.37. The Hall–Kier alpha value is -1.62. The van der Waals surface area contributed by atoms with Crippen molar-refractivity contribution in [2.75, 3.05) is 31.9 Å². The van der Waals surface area contributed by atoms with E-state index in [1.54, 1.807) is 0 Å². The summed E-state index contributed by atoms with van der Waals surface area (Å²) in [6.45, 7) is 7.88. The van der Waals surface area contributed by atoms with Gasteiger partial charge < -0.3 is 15.5 Å². The summed E-state index contributed by atoms with van der Waals surface area (Å²) in [5.74, 6) is -0.505. The van der Waals surface area contributed by atoms with E-state index in [4.69, 9.17) is 5.73 Å². The Morgan fingerprint density at radius 3 is 2.48 bits per heavy atom. The van der Waals surface area contributed by atoms with E-state index >= 15 is 0 Å². The van der Waals surface area contributed by atoms with Gasteiger partial charge >= 0.3 is 0 Å². The first kappa shape index (κ1) is 15.8. The summed E-state index contributed by atoms with van der Waals surface area (Å²) in [4.78, 5) is 16.7. The van der Waals surface area contributed by atoms with Crippen LogP contribution < -0.4 is 5.73 Å². The maximum Gasteiger partial charge on any atom is 0.255 e. The van der Waals surface area contributed by atoms with E-state index < -0.39 is 5.82 Å². The van der Waals surface area contributed by atoms with Crippen LogP contribution in [0.4, 0.5) is 10.1 Å². The maximum absolute atomic E-state index is 13.1. The van der Waals surface area contributed by atoms with Gasteiger partial charge in [0.05, 0.1) is 5.56 Å². The van der Waals surface area contributed by atoms with Crippen molar-refractivity contribution >= 4 is 11.6 Å². The van der Waals surface area contributed by atoms with Gasteiger partial charge in [-0.15, -0.1) is 0 Å². The smallest absolute Gasteiger partial charge is 0.255 e. The molecule has 0 aliphatic carbocycles. The average Bonchev–Trinajstić information content (AvgIpc) is 2.48. The molecule has 0 bridgehead atoms. The molecular weight excluding hydrogens is 269 g/mol. The van der Waals surface area contributed by atoms with Crippen LogP contribution in [0.2, 0.25) is 0 Å². The van der Waals surface area contributed by atoms with Crippen molar-refractivity contribution in [2.24, 2.45) is 0 Å². The number of nitrogen functional groups attached to an aromatic ring is 1. The van der Waals surface area contributed by atoms with Crippen LogP contribution in [0.5, 0.6) is 0 Å². The summed E-state index contributed by atoms with van der Waals surface area (Å²) in [5, 5.41) is 0. The van der Waals surface area contributed by atoms with Gasteiger partial charge in [-0.1, -0.05) is 13.8 Å². The highest BCUT2D eigenvalue weighted by Gasteiger charge is 2.26. The molecule has 4 nitrogen and oxygen atoms in total. The molecule has 1 heterocycles. The fraction of sp³-hybridized carbons (Fsp3) is 0.562. The molecule has 2 N–H and O–H groups in total. The van der Waals surface area contributed by atoms with Gasteiger partial charge in [0.15, 0.2) is 0 Å². The van der Waals surface area contributed by atoms with E-state index in [1.807, 2.05) is 4.90 Å². The third-order valence-electron chi connectivity index (χ3n) is 4.32. The van der Waals surface area contributed by atoms with Crippen molar-refractivity contribution in [1.82, 2.24) is 9.80 Å². The van der Waals surface area contributed by atoms with Gasteiger partial charge in [-0.25, -0.2) is 4.39 Å². The Labute approximate surface area is 125 Å². The number of benzene rings is 1. The lowest BCUT2D eigenvalue weighted by Crippen LogP contribution is -2.46. The Morgan fingerprint density at radius 2 is 1.95 bits per heavy atom. The molecule has 1 aromatic rings. The van der Waals surface area contributed by atoms with Crippen LogP contribution in [0, 0.1) is 5.82 Å². The van der Waals surface area contributed by atoms with Crippen LogP contribution in [0.1, 0.15) is 37.0 Å². The Balaban J connectivity index is 2.00. The third-order valence-corrected chi connectivity index (χ3v) is 4.32. The van der Waals surface area contributed by atoms with Gasteiger partial charge in [-0.3, -0.25) is 4.79 Å². The van der Waals surface area contributed by atoms with Gasteiger partial charge in [-0.05, 0) is 44.1 Å². The van der Waals surface area contributed by atoms with Crippen LogP contribution in [0.25, 0.3) is 0 Å². The number of carbonyl (C=O) groups excluding carboxylic acids is 1. The molecule has 1 fully saturated rings. The average molecular weight is 293 g/mol. The first-order chi connectivity index (χ1) is 10.1. The summed E-state index contributed by atoms with van der Waals surface area (Å²) < 4.78 is 13.1. The zero-order chi connectivity index (χ0) is 15.4. The molecule has 116 valence electrons. The fourth-order valence-electron chi connectivity index (χ4n) is 3.07. The maximum atomic E-state index is 13.1. The summed E-state index contributed by atoms with van der Waals surface area (Å²) in [7, 11) is 0. The second-order valence-electron chi connectivity index (χ2n) is 5.48. The zero-order valence-corrected chi connectivity index (χ0v) is 12.8. The van der Waals surface area contributed by atoms with Crippen LogP contribution in [0.15, 0.2) is 18.2 Å². The molecule has 0 aromatic heterocycles. The molecular formula is C16H24FN3O. The topological polar surface area (TPSA) is 49.6 Å². The molecule has 0 spiro atoms. The van der Waals surface area contributed by atoms with Crippen LogP contribution in [-0.2, 0) is 0 Å². The number of piperidine rings is 1. The predicted molar refractivity (Wildman–Crippen MR) is 82.7 cm³/mol. The molecule has 0 radical (unpaired) electrons. The lowest BCUT2D eigenvalue weighted by atomic mass is 10.0. The quantitative estimate of drug-likeness (QED) is 0.867. The van der Waals surface area contributed by atoms with E-state index in [0.29, 0.717) is 11.6 Å². The molecule has 0 atom stereocenters. The Kier molecular flexibility index (Phi) is 5.17. The largest absolute Gasteiger partial charge is 0.398 e. The van der Waals surface area contributed by atoms with Crippen LogP contribution in [0.3, 0.4) is 0 Å². The Bertz CT molecular complexity index is 494. The second-order valence-corrected chi connectivity index (χ2v) is 5.48. The predicted octanol–water partition coefficient (Wildman–Crippen LogP) is 2.35. The number of nitrogens with zero attached hydrogens (tertiary/aromatic N) is 2. The number of halogens is 1. The minimum atomic E-state index is -0.413. The first-order valence-electron chi connectivity index (χ1n) is 7.65. The molecule has 1 aromatic carbocycles. The van der Waals surface area contributed by atoms with Gasteiger partial charge in [0.25, 0.3) is 5.91 Å². The summed E-state index contributed by atoms with van der Waals surface area (Å²) in [6.07, 6.45) is 1.96. The van der Waals surface area contributed by atoms with E-state index in [-0.39, 0.29) is 11.6 Å². The number of nitrogens with two attached hydrogens (primary N) is 1. The highest BCUT2D eigenvalue weighted by atomic mass is 19.1. The number of carbonyl (C=O) groups is 1. The van der Waals surface area contributed by atoms with E-state index in [2.05, 4.69) is 18.7 Å². The number of anilines is 1. The molecule has 0 saturated carbocycles. The number of hydrogen-bond donors (Lipinski definition) is 1. The standard InChI is InChI=1S/C16H24FN3O/c1-3-19(4-2)13-7-9-20(10-8-13)16(21)14-6-5-12(17)11-15(14)18/h5-6,11,13H,3-4,7-10,18H2,1-2H3. The minimum absolute atomic E-state index is 0.0921. The molecule has 2 rings (SSSR count).